The van der Waals surface area contributed by atoms with E-state index in [0.29, 0.717) is 12.3 Å². The van der Waals surface area contributed by atoms with Gasteiger partial charge in [-0.25, -0.2) is 4.79 Å². The lowest BCUT2D eigenvalue weighted by Gasteiger charge is -2.23. The Hall–Kier alpha value is -1.89. The number of hydrogen-bond donors (Lipinski definition) is 2. The fourth-order valence-electron chi connectivity index (χ4n) is 3.22. The van der Waals surface area contributed by atoms with E-state index in [1.807, 2.05) is 24.3 Å². The molecular formula is C22H34N2O4S. The van der Waals surface area contributed by atoms with Crippen LogP contribution in [0.4, 0.5) is 4.79 Å². The number of nitrogens with one attached hydrogen (secondary N) is 2. The second kappa shape index (κ2) is 11.3. The van der Waals surface area contributed by atoms with E-state index in [9.17, 15) is 9.59 Å². The molecule has 0 unspecified atom stereocenters. The molecule has 1 aliphatic rings. The summed E-state index contributed by atoms with van der Waals surface area (Å²) < 4.78 is 10.5. The molecule has 0 saturated heterocycles. The molecule has 2 N–H and O–H groups in total. The number of hydrogen-bond acceptors (Lipinski definition) is 5. The summed E-state index contributed by atoms with van der Waals surface area (Å²) in [6.07, 6.45) is 4.56. The highest BCUT2D eigenvalue weighted by Gasteiger charge is 2.25. The second-order valence-electron chi connectivity index (χ2n) is 8.45. The van der Waals surface area contributed by atoms with Gasteiger partial charge >= 0.3 is 6.09 Å². The smallest absolute Gasteiger partial charge is 0.408 e. The first kappa shape index (κ1) is 23.4. The maximum atomic E-state index is 12.7. The van der Waals surface area contributed by atoms with E-state index in [1.165, 1.54) is 25.7 Å². The van der Waals surface area contributed by atoms with Crippen molar-refractivity contribution in [2.24, 2.45) is 5.92 Å². The van der Waals surface area contributed by atoms with Gasteiger partial charge in [0.1, 0.15) is 17.4 Å². The number of alkyl carbamates (subject to hydrolysis) is 1. The third kappa shape index (κ3) is 8.98. The first-order valence-corrected chi connectivity index (χ1v) is 11.4. The van der Waals surface area contributed by atoms with Crippen molar-refractivity contribution in [3.63, 3.8) is 0 Å². The minimum atomic E-state index is -0.630. The first-order chi connectivity index (χ1) is 13.8. The monoisotopic (exact) mass is 422 g/mol. The Kier molecular flexibility index (Phi) is 9.14. The van der Waals surface area contributed by atoms with Gasteiger partial charge in [-0.2, -0.15) is 11.8 Å². The molecule has 7 heteroatoms. The summed E-state index contributed by atoms with van der Waals surface area (Å²) in [5.74, 6) is 2.85. The Labute approximate surface area is 178 Å². The summed E-state index contributed by atoms with van der Waals surface area (Å²) in [7, 11) is 1.62. The van der Waals surface area contributed by atoms with Crippen LogP contribution >= 0.6 is 11.8 Å². The van der Waals surface area contributed by atoms with Crippen LogP contribution in [0.5, 0.6) is 5.75 Å². The van der Waals surface area contributed by atoms with Crippen LogP contribution in [-0.2, 0) is 16.1 Å². The molecule has 0 radical (unpaired) electrons. The van der Waals surface area contributed by atoms with E-state index >= 15 is 0 Å². The molecule has 1 atom stereocenters. The number of ether oxygens (including phenoxy) is 2. The van der Waals surface area contributed by atoms with E-state index in [1.54, 1.807) is 39.6 Å². The Balaban J connectivity index is 1.89. The quantitative estimate of drug-likeness (QED) is 0.626. The van der Waals surface area contributed by atoms with Gasteiger partial charge in [-0.15, -0.1) is 0 Å². The first-order valence-electron chi connectivity index (χ1n) is 10.2. The lowest BCUT2D eigenvalue weighted by Crippen LogP contribution is -2.49. The van der Waals surface area contributed by atoms with Crippen molar-refractivity contribution in [3.05, 3.63) is 29.8 Å². The largest absolute Gasteiger partial charge is 0.497 e. The van der Waals surface area contributed by atoms with Crippen LogP contribution in [-0.4, -0.2) is 42.3 Å². The van der Waals surface area contributed by atoms with E-state index in [-0.39, 0.29) is 5.91 Å². The number of amides is 2. The van der Waals surface area contributed by atoms with Crippen molar-refractivity contribution in [2.75, 3.05) is 18.6 Å². The molecule has 0 bridgehead atoms. The number of carbonyl (C=O) groups is 2. The Morgan fingerprint density at radius 1 is 1.17 bits per heavy atom. The van der Waals surface area contributed by atoms with E-state index < -0.39 is 17.7 Å². The number of thioether (sulfide) groups is 1. The highest BCUT2D eigenvalue weighted by Crippen LogP contribution is 2.28. The fraction of sp³-hybridized carbons (Fsp3) is 0.636. The molecule has 0 aliphatic heterocycles. The summed E-state index contributed by atoms with van der Waals surface area (Å²) in [6, 6.07) is 6.90. The molecule has 162 valence electrons. The molecule has 6 nitrogen and oxygen atoms in total. The lowest BCUT2D eigenvalue weighted by molar-refractivity contribution is -0.122. The van der Waals surface area contributed by atoms with Crippen molar-refractivity contribution >= 4 is 23.8 Å². The fourth-order valence-corrected chi connectivity index (χ4v) is 4.49. The van der Waals surface area contributed by atoms with Crippen molar-refractivity contribution in [1.82, 2.24) is 10.6 Å². The van der Waals surface area contributed by atoms with Crippen molar-refractivity contribution in [3.8, 4) is 5.75 Å². The van der Waals surface area contributed by atoms with Gasteiger partial charge in [0.15, 0.2) is 0 Å². The van der Waals surface area contributed by atoms with E-state index in [0.717, 1.165) is 23.0 Å². The van der Waals surface area contributed by atoms with Gasteiger partial charge < -0.3 is 20.1 Å². The van der Waals surface area contributed by atoms with Gasteiger partial charge in [-0.1, -0.05) is 25.0 Å². The van der Waals surface area contributed by atoms with Gasteiger partial charge in [-0.05, 0) is 63.0 Å². The van der Waals surface area contributed by atoms with Crippen LogP contribution in [0.2, 0.25) is 0 Å². The molecule has 1 saturated carbocycles. The molecule has 29 heavy (non-hydrogen) atoms. The average molecular weight is 423 g/mol. The number of carbonyl (C=O) groups excluding carboxylic acids is 2. The van der Waals surface area contributed by atoms with Gasteiger partial charge in [-0.3, -0.25) is 4.79 Å². The molecule has 0 spiro atoms. The van der Waals surface area contributed by atoms with E-state index in [4.69, 9.17) is 9.47 Å². The van der Waals surface area contributed by atoms with Crippen molar-refractivity contribution < 1.29 is 19.1 Å². The Morgan fingerprint density at radius 2 is 1.83 bits per heavy atom. The van der Waals surface area contributed by atoms with Gasteiger partial charge in [0.25, 0.3) is 0 Å². The molecular weight excluding hydrogens is 388 g/mol. The Bertz CT molecular complexity index is 652. The minimum Gasteiger partial charge on any atom is -0.497 e. The van der Waals surface area contributed by atoms with Crippen LogP contribution in [0.3, 0.4) is 0 Å². The third-order valence-corrected chi connectivity index (χ3v) is 6.02. The second-order valence-corrected chi connectivity index (χ2v) is 9.53. The average Bonchev–Trinajstić information content (AvgIpc) is 3.17. The van der Waals surface area contributed by atoms with Crippen LogP contribution < -0.4 is 15.4 Å². The number of benzene rings is 1. The molecule has 1 aromatic rings. The Morgan fingerprint density at radius 3 is 2.41 bits per heavy atom. The zero-order chi connectivity index (χ0) is 21.3. The summed E-state index contributed by atoms with van der Waals surface area (Å²) in [5, 5.41) is 5.66. The summed E-state index contributed by atoms with van der Waals surface area (Å²) >= 11 is 1.73. The van der Waals surface area contributed by atoms with Crippen LogP contribution in [0.25, 0.3) is 0 Å². The lowest BCUT2D eigenvalue weighted by atomic mass is 10.1. The summed E-state index contributed by atoms with van der Waals surface area (Å²) in [6.45, 7) is 5.81. The molecule has 2 rings (SSSR count). The topological polar surface area (TPSA) is 76.7 Å². The molecule has 1 aromatic carbocycles. The summed E-state index contributed by atoms with van der Waals surface area (Å²) in [4.78, 5) is 24.9. The highest BCUT2D eigenvalue weighted by molar-refractivity contribution is 7.99. The SMILES string of the molecule is COc1ccc(CNC(=O)[C@@H](CSCC2CCCC2)NC(=O)OC(C)(C)C)cc1. The maximum Gasteiger partial charge on any atom is 0.408 e. The maximum absolute atomic E-state index is 12.7. The number of rotatable bonds is 9. The van der Waals surface area contributed by atoms with Gasteiger partial charge in [0.05, 0.1) is 7.11 Å². The van der Waals surface area contributed by atoms with E-state index in [2.05, 4.69) is 10.6 Å². The van der Waals surface area contributed by atoms with Crippen LogP contribution in [0.15, 0.2) is 24.3 Å². The molecule has 2 amide bonds. The van der Waals surface area contributed by atoms with Gasteiger partial charge in [0, 0.05) is 12.3 Å². The highest BCUT2D eigenvalue weighted by atomic mass is 32.2. The van der Waals surface area contributed by atoms with Crippen molar-refractivity contribution in [2.45, 2.75) is 64.6 Å². The van der Waals surface area contributed by atoms with Gasteiger partial charge in [0.2, 0.25) is 5.91 Å². The number of methoxy groups -OCH3 is 1. The predicted octanol–water partition coefficient (Wildman–Crippen LogP) is 4.13. The standard InChI is InChI=1S/C22H34N2O4S/c1-22(2,3)28-21(26)24-19(15-29-14-17-7-5-6-8-17)20(25)23-13-16-9-11-18(27-4)12-10-16/h9-12,17,19H,5-8,13-15H2,1-4H3,(H,23,25)(H,24,26)/t19-/m1/s1. The van der Waals surface area contributed by atoms with Crippen molar-refractivity contribution in [1.29, 1.82) is 0 Å². The normalized spacial score (nSPS) is 15.6. The molecule has 1 aliphatic carbocycles. The van der Waals surface area contributed by atoms with Crippen LogP contribution in [0.1, 0.15) is 52.0 Å². The third-order valence-electron chi connectivity index (χ3n) is 4.75. The minimum absolute atomic E-state index is 0.203. The molecule has 0 heterocycles. The zero-order valence-electron chi connectivity index (χ0n) is 18.0. The molecule has 0 aromatic heterocycles. The predicted molar refractivity (Wildman–Crippen MR) is 117 cm³/mol. The molecule has 1 fully saturated rings. The van der Waals surface area contributed by atoms with Crippen LogP contribution in [0, 0.1) is 5.92 Å². The summed E-state index contributed by atoms with van der Waals surface area (Å²) in [5.41, 5.74) is 0.361. The zero-order valence-corrected chi connectivity index (χ0v) is 18.8.